The Labute approximate surface area is 124 Å². The Morgan fingerprint density at radius 3 is 2.05 bits per heavy atom. The van der Waals surface area contributed by atoms with Crippen LogP contribution in [0.3, 0.4) is 0 Å². The molecule has 1 atom stereocenters. The number of hydrogen-bond donors (Lipinski definition) is 2. The third kappa shape index (κ3) is 3.62. The minimum Gasteiger partial charge on any atom is -0.271 e. The molecule has 1 aliphatic carbocycles. The molecule has 1 aliphatic rings. The van der Waals surface area contributed by atoms with Crippen molar-refractivity contribution in [3.63, 3.8) is 0 Å². The van der Waals surface area contributed by atoms with Gasteiger partial charge in [-0.15, -0.1) is 0 Å². The highest BCUT2D eigenvalue weighted by molar-refractivity contribution is 5.25. The van der Waals surface area contributed by atoms with Crippen LogP contribution < -0.4 is 11.3 Å². The molecule has 20 heavy (non-hydrogen) atoms. The van der Waals surface area contributed by atoms with Crippen molar-refractivity contribution in [1.29, 1.82) is 0 Å². The molecule has 0 spiro atoms. The fourth-order valence-corrected chi connectivity index (χ4v) is 3.61. The normalized spacial score (nSPS) is 24.9. The van der Waals surface area contributed by atoms with Crippen molar-refractivity contribution in [2.45, 2.75) is 58.9 Å². The molecule has 0 radical (unpaired) electrons. The van der Waals surface area contributed by atoms with Gasteiger partial charge in [0.05, 0.1) is 0 Å². The van der Waals surface area contributed by atoms with E-state index in [0.717, 1.165) is 18.3 Å². The maximum atomic E-state index is 5.85. The van der Waals surface area contributed by atoms with Crippen LogP contribution in [0.4, 0.5) is 0 Å². The average Bonchev–Trinajstić information content (AvgIpc) is 2.49. The lowest BCUT2D eigenvalue weighted by Crippen LogP contribution is -2.35. The van der Waals surface area contributed by atoms with Crippen LogP contribution in [0.2, 0.25) is 0 Å². The summed E-state index contributed by atoms with van der Waals surface area (Å²) in [6.45, 7) is 6.90. The summed E-state index contributed by atoms with van der Waals surface area (Å²) in [5, 5.41) is 0. The van der Waals surface area contributed by atoms with Gasteiger partial charge in [0.1, 0.15) is 0 Å². The molecule has 0 heterocycles. The van der Waals surface area contributed by atoms with E-state index in [9.17, 15) is 0 Å². The van der Waals surface area contributed by atoms with Crippen molar-refractivity contribution in [3.05, 3.63) is 35.4 Å². The van der Waals surface area contributed by atoms with Crippen LogP contribution in [0.1, 0.15) is 63.6 Å². The Morgan fingerprint density at radius 1 is 1.05 bits per heavy atom. The number of hydrogen-bond acceptors (Lipinski definition) is 2. The lowest BCUT2D eigenvalue weighted by atomic mass is 9.73. The number of aryl methyl sites for hydroxylation is 1. The van der Waals surface area contributed by atoms with Gasteiger partial charge >= 0.3 is 0 Å². The lowest BCUT2D eigenvalue weighted by Gasteiger charge is -2.35. The van der Waals surface area contributed by atoms with Crippen molar-refractivity contribution in [3.8, 4) is 0 Å². The highest BCUT2D eigenvalue weighted by Crippen LogP contribution is 2.39. The van der Waals surface area contributed by atoms with Gasteiger partial charge in [-0.1, -0.05) is 45.0 Å². The Morgan fingerprint density at radius 2 is 1.60 bits per heavy atom. The van der Waals surface area contributed by atoms with Gasteiger partial charge in [0.2, 0.25) is 0 Å². The van der Waals surface area contributed by atoms with E-state index in [1.54, 1.807) is 0 Å². The van der Waals surface area contributed by atoms with Crippen LogP contribution in [0.5, 0.6) is 0 Å². The van der Waals surface area contributed by atoms with E-state index in [1.807, 2.05) is 0 Å². The van der Waals surface area contributed by atoms with E-state index >= 15 is 0 Å². The third-order valence-corrected chi connectivity index (χ3v) is 5.16. The highest BCUT2D eigenvalue weighted by Gasteiger charge is 2.29. The molecule has 0 saturated heterocycles. The first kappa shape index (κ1) is 15.5. The van der Waals surface area contributed by atoms with Crippen LogP contribution in [0, 0.1) is 17.8 Å². The van der Waals surface area contributed by atoms with Gasteiger partial charge in [0, 0.05) is 6.04 Å². The smallest absolute Gasteiger partial charge is 0.0488 e. The summed E-state index contributed by atoms with van der Waals surface area (Å²) in [6.07, 6.45) is 6.40. The zero-order chi connectivity index (χ0) is 14.5. The Hall–Kier alpha value is -0.860. The molecule has 1 saturated carbocycles. The van der Waals surface area contributed by atoms with E-state index in [2.05, 4.69) is 50.5 Å². The van der Waals surface area contributed by atoms with Crippen LogP contribution in [-0.2, 0) is 6.42 Å². The van der Waals surface area contributed by atoms with Crippen LogP contribution >= 0.6 is 0 Å². The van der Waals surface area contributed by atoms with Crippen LogP contribution in [0.25, 0.3) is 0 Å². The fraction of sp³-hybridized carbons (Fsp3) is 0.667. The highest BCUT2D eigenvalue weighted by atomic mass is 15.2. The molecule has 112 valence electrons. The van der Waals surface area contributed by atoms with Crippen LogP contribution in [-0.4, -0.2) is 0 Å². The second-order valence-electron chi connectivity index (χ2n) is 6.66. The zero-order valence-electron chi connectivity index (χ0n) is 13.2. The standard InChI is InChI=1S/C18H30N2/c1-4-14-5-7-16(8-6-14)18(20-19)17-11-9-15(10-12-17)13(2)3/h5-8,13,15,17-18,20H,4,9-12,19H2,1-3H3. The summed E-state index contributed by atoms with van der Waals surface area (Å²) in [4.78, 5) is 0. The van der Waals surface area contributed by atoms with Gasteiger partial charge < -0.3 is 0 Å². The summed E-state index contributed by atoms with van der Waals surface area (Å²) in [7, 11) is 0. The number of hydrazine groups is 1. The van der Waals surface area contributed by atoms with E-state index < -0.39 is 0 Å². The third-order valence-electron chi connectivity index (χ3n) is 5.16. The van der Waals surface area contributed by atoms with Crippen molar-refractivity contribution in [2.24, 2.45) is 23.6 Å². The summed E-state index contributed by atoms with van der Waals surface area (Å²) < 4.78 is 0. The first-order valence-corrected chi connectivity index (χ1v) is 8.20. The SMILES string of the molecule is CCc1ccc(C(NN)C2CCC(C(C)C)CC2)cc1. The monoisotopic (exact) mass is 274 g/mol. The summed E-state index contributed by atoms with van der Waals surface area (Å²) in [5.41, 5.74) is 5.81. The van der Waals surface area contributed by atoms with Gasteiger partial charge in [-0.05, 0) is 61.0 Å². The maximum absolute atomic E-state index is 5.85. The second kappa shape index (κ2) is 7.24. The van der Waals surface area contributed by atoms with Gasteiger partial charge in [-0.3, -0.25) is 11.3 Å². The molecule has 1 fully saturated rings. The largest absolute Gasteiger partial charge is 0.271 e. The molecule has 1 aromatic rings. The van der Waals surface area contributed by atoms with E-state index in [4.69, 9.17) is 5.84 Å². The minimum atomic E-state index is 0.314. The molecule has 3 N–H and O–H groups in total. The van der Waals surface area contributed by atoms with Crippen LogP contribution in [0.15, 0.2) is 24.3 Å². The molecule has 2 rings (SSSR count). The molecule has 1 unspecified atom stereocenters. The van der Waals surface area contributed by atoms with E-state index in [1.165, 1.54) is 36.8 Å². The molecule has 2 nitrogen and oxygen atoms in total. The summed E-state index contributed by atoms with van der Waals surface area (Å²) in [5.74, 6) is 8.27. The summed E-state index contributed by atoms with van der Waals surface area (Å²) >= 11 is 0. The van der Waals surface area contributed by atoms with E-state index in [-0.39, 0.29) is 0 Å². The van der Waals surface area contributed by atoms with Crippen molar-refractivity contribution in [2.75, 3.05) is 0 Å². The Kier molecular flexibility index (Phi) is 5.62. The lowest BCUT2D eigenvalue weighted by molar-refractivity contribution is 0.189. The van der Waals surface area contributed by atoms with Gasteiger partial charge in [0.25, 0.3) is 0 Å². The molecule has 0 bridgehead atoms. The zero-order valence-corrected chi connectivity index (χ0v) is 13.2. The molecule has 1 aromatic carbocycles. The predicted molar refractivity (Wildman–Crippen MR) is 86.2 cm³/mol. The van der Waals surface area contributed by atoms with Crippen molar-refractivity contribution < 1.29 is 0 Å². The van der Waals surface area contributed by atoms with Gasteiger partial charge in [-0.25, -0.2) is 0 Å². The topological polar surface area (TPSA) is 38.0 Å². The fourth-order valence-electron chi connectivity index (χ4n) is 3.61. The second-order valence-corrected chi connectivity index (χ2v) is 6.66. The Bertz CT molecular complexity index is 388. The Balaban J connectivity index is 2.01. The number of nitrogens with one attached hydrogen (secondary N) is 1. The predicted octanol–water partition coefficient (Wildman–Crippen LogP) is 4.22. The number of rotatable bonds is 5. The quantitative estimate of drug-likeness (QED) is 0.623. The van der Waals surface area contributed by atoms with Gasteiger partial charge in [-0.2, -0.15) is 0 Å². The average molecular weight is 274 g/mol. The molecule has 0 amide bonds. The minimum absolute atomic E-state index is 0.314. The summed E-state index contributed by atoms with van der Waals surface area (Å²) in [6, 6.07) is 9.28. The number of nitrogens with two attached hydrogens (primary N) is 1. The molecule has 0 aliphatic heterocycles. The van der Waals surface area contributed by atoms with Crippen molar-refractivity contribution >= 4 is 0 Å². The van der Waals surface area contributed by atoms with Gasteiger partial charge in [0.15, 0.2) is 0 Å². The number of benzene rings is 1. The van der Waals surface area contributed by atoms with E-state index in [0.29, 0.717) is 12.0 Å². The maximum Gasteiger partial charge on any atom is 0.0488 e. The molecule has 2 heteroatoms. The molecular formula is C18H30N2. The molecular weight excluding hydrogens is 244 g/mol. The molecule has 0 aromatic heterocycles. The van der Waals surface area contributed by atoms with Crippen molar-refractivity contribution in [1.82, 2.24) is 5.43 Å². The first-order chi connectivity index (χ1) is 9.65. The first-order valence-electron chi connectivity index (χ1n) is 8.20.